The van der Waals surface area contributed by atoms with Crippen molar-refractivity contribution in [1.82, 2.24) is 5.32 Å². The van der Waals surface area contributed by atoms with E-state index in [-0.39, 0.29) is 22.7 Å². The van der Waals surface area contributed by atoms with Gasteiger partial charge in [0, 0.05) is 12.5 Å². The number of carbonyl (C=O) groups is 1. The van der Waals surface area contributed by atoms with E-state index >= 15 is 0 Å². The van der Waals surface area contributed by atoms with Gasteiger partial charge in [-0.3, -0.25) is 4.79 Å². The van der Waals surface area contributed by atoms with Crippen LogP contribution in [-0.2, 0) is 4.79 Å². The van der Waals surface area contributed by atoms with Gasteiger partial charge in [-0.2, -0.15) is 0 Å². The van der Waals surface area contributed by atoms with Crippen LogP contribution in [0.1, 0.15) is 46.0 Å². The molecule has 2 saturated carbocycles. The van der Waals surface area contributed by atoms with Gasteiger partial charge in [-0.1, -0.05) is 26.7 Å². The van der Waals surface area contributed by atoms with Crippen molar-refractivity contribution in [3.05, 3.63) is 0 Å². The molecule has 1 amide bonds. The van der Waals surface area contributed by atoms with E-state index < -0.39 is 0 Å². The molecule has 2 aliphatic carbocycles. The SMILES string of the molecule is CC1(C)CC1C(=O)NCC1(CN)CCCC1. The van der Waals surface area contributed by atoms with Gasteiger partial charge in [0.15, 0.2) is 0 Å². The number of hydrogen-bond donors (Lipinski definition) is 2. The Morgan fingerprint density at radius 3 is 2.38 bits per heavy atom. The van der Waals surface area contributed by atoms with Crippen molar-refractivity contribution >= 4 is 5.91 Å². The molecule has 3 N–H and O–H groups in total. The van der Waals surface area contributed by atoms with E-state index in [0.29, 0.717) is 6.54 Å². The minimum absolute atomic E-state index is 0.203. The fourth-order valence-electron chi connectivity index (χ4n) is 2.89. The average molecular weight is 224 g/mol. The molecular formula is C13H24N2O. The van der Waals surface area contributed by atoms with E-state index in [1.54, 1.807) is 0 Å². The highest BCUT2D eigenvalue weighted by molar-refractivity contribution is 5.82. The Hall–Kier alpha value is -0.570. The maximum Gasteiger partial charge on any atom is 0.223 e. The van der Waals surface area contributed by atoms with E-state index in [2.05, 4.69) is 19.2 Å². The van der Waals surface area contributed by atoms with E-state index in [0.717, 1.165) is 13.0 Å². The van der Waals surface area contributed by atoms with Crippen molar-refractivity contribution < 1.29 is 4.79 Å². The van der Waals surface area contributed by atoms with Gasteiger partial charge in [-0.05, 0) is 36.6 Å². The molecule has 0 aromatic heterocycles. The zero-order chi connectivity index (χ0) is 11.8. The number of amides is 1. The first-order valence-corrected chi connectivity index (χ1v) is 6.47. The van der Waals surface area contributed by atoms with Gasteiger partial charge >= 0.3 is 0 Å². The first-order valence-electron chi connectivity index (χ1n) is 6.47. The van der Waals surface area contributed by atoms with Crippen molar-refractivity contribution in [2.75, 3.05) is 13.1 Å². The summed E-state index contributed by atoms with van der Waals surface area (Å²) < 4.78 is 0. The standard InChI is InChI=1S/C13H24N2O/c1-12(2)7-10(12)11(16)15-9-13(8-14)5-3-4-6-13/h10H,3-9,14H2,1-2H3,(H,15,16). The molecular weight excluding hydrogens is 200 g/mol. The molecule has 3 heteroatoms. The van der Waals surface area contributed by atoms with Crippen molar-refractivity contribution in [1.29, 1.82) is 0 Å². The Labute approximate surface area is 98.2 Å². The van der Waals surface area contributed by atoms with Crippen LogP contribution in [0.4, 0.5) is 0 Å². The zero-order valence-electron chi connectivity index (χ0n) is 10.5. The molecule has 92 valence electrons. The maximum absolute atomic E-state index is 11.9. The second-order valence-electron chi connectivity index (χ2n) is 6.37. The third kappa shape index (κ3) is 2.24. The normalized spacial score (nSPS) is 30.1. The summed E-state index contributed by atoms with van der Waals surface area (Å²) in [5, 5.41) is 3.11. The monoisotopic (exact) mass is 224 g/mol. The lowest BCUT2D eigenvalue weighted by molar-refractivity contribution is -0.123. The molecule has 16 heavy (non-hydrogen) atoms. The lowest BCUT2D eigenvalue weighted by Crippen LogP contribution is -2.41. The summed E-state index contributed by atoms with van der Waals surface area (Å²) in [6.45, 7) is 5.81. The van der Waals surface area contributed by atoms with Crippen LogP contribution in [-0.4, -0.2) is 19.0 Å². The summed E-state index contributed by atoms with van der Waals surface area (Å²) in [6, 6.07) is 0. The number of rotatable bonds is 4. The number of hydrogen-bond acceptors (Lipinski definition) is 2. The van der Waals surface area contributed by atoms with E-state index in [4.69, 9.17) is 5.73 Å². The molecule has 1 unspecified atom stereocenters. The second-order valence-corrected chi connectivity index (χ2v) is 6.37. The summed E-state index contributed by atoms with van der Waals surface area (Å²) >= 11 is 0. The van der Waals surface area contributed by atoms with Crippen molar-refractivity contribution in [3.63, 3.8) is 0 Å². The third-order valence-corrected chi connectivity index (χ3v) is 4.56. The van der Waals surface area contributed by atoms with Crippen LogP contribution >= 0.6 is 0 Å². The van der Waals surface area contributed by atoms with Crippen molar-refractivity contribution in [2.45, 2.75) is 46.0 Å². The topological polar surface area (TPSA) is 55.1 Å². The molecule has 0 aliphatic heterocycles. The lowest BCUT2D eigenvalue weighted by atomic mass is 9.86. The summed E-state index contributed by atoms with van der Waals surface area (Å²) in [7, 11) is 0. The zero-order valence-corrected chi connectivity index (χ0v) is 10.5. The molecule has 0 saturated heterocycles. The van der Waals surface area contributed by atoms with Crippen LogP contribution in [0, 0.1) is 16.7 Å². The molecule has 2 fully saturated rings. The minimum atomic E-state index is 0.203. The Bertz CT molecular complexity index is 280. The molecule has 0 spiro atoms. The Kier molecular flexibility index (Phi) is 2.99. The predicted molar refractivity (Wildman–Crippen MR) is 64.9 cm³/mol. The number of nitrogens with two attached hydrogens (primary N) is 1. The highest BCUT2D eigenvalue weighted by atomic mass is 16.2. The van der Waals surface area contributed by atoms with Crippen LogP contribution in [0.15, 0.2) is 0 Å². The van der Waals surface area contributed by atoms with Crippen LogP contribution in [0.3, 0.4) is 0 Å². The van der Waals surface area contributed by atoms with E-state index in [1.807, 2.05) is 0 Å². The summed E-state index contributed by atoms with van der Waals surface area (Å²) in [5.74, 6) is 0.480. The van der Waals surface area contributed by atoms with E-state index in [1.165, 1.54) is 25.7 Å². The molecule has 0 aromatic carbocycles. The van der Waals surface area contributed by atoms with Crippen molar-refractivity contribution in [2.24, 2.45) is 22.5 Å². The predicted octanol–water partition coefficient (Wildman–Crippen LogP) is 1.67. The molecule has 2 rings (SSSR count). The summed E-state index contributed by atoms with van der Waals surface area (Å²) in [4.78, 5) is 11.9. The fourth-order valence-corrected chi connectivity index (χ4v) is 2.89. The van der Waals surface area contributed by atoms with Crippen LogP contribution in [0.2, 0.25) is 0 Å². The highest BCUT2D eigenvalue weighted by Gasteiger charge is 2.50. The molecule has 3 nitrogen and oxygen atoms in total. The smallest absolute Gasteiger partial charge is 0.223 e. The van der Waals surface area contributed by atoms with Gasteiger partial charge in [0.2, 0.25) is 5.91 Å². The number of nitrogens with one attached hydrogen (secondary N) is 1. The van der Waals surface area contributed by atoms with E-state index in [9.17, 15) is 4.79 Å². The second kappa shape index (κ2) is 4.02. The maximum atomic E-state index is 11.9. The molecule has 1 atom stereocenters. The van der Waals surface area contributed by atoms with Gasteiger partial charge in [0.25, 0.3) is 0 Å². The summed E-state index contributed by atoms with van der Waals surface area (Å²) in [5.41, 5.74) is 6.28. The number of carbonyl (C=O) groups excluding carboxylic acids is 1. The lowest BCUT2D eigenvalue weighted by Gasteiger charge is -2.27. The van der Waals surface area contributed by atoms with Crippen LogP contribution < -0.4 is 11.1 Å². The summed E-state index contributed by atoms with van der Waals surface area (Å²) in [6.07, 6.45) is 5.92. The van der Waals surface area contributed by atoms with Gasteiger partial charge in [-0.25, -0.2) is 0 Å². The first kappa shape index (κ1) is 11.9. The fraction of sp³-hybridized carbons (Fsp3) is 0.923. The van der Waals surface area contributed by atoms with Gasteiger partial charge in [0.05, 0.1) is 0 Å². The Balaban J connectivity index is 1.80. The highest BCUT2D eigenvalue weighted by Crippen LogP contribution is 2.51. The minimum Gasteiger partial charge on any atom is -0.355 e. The first-order chi connectivity index (χ1) is 7.49. The third-order valence-electron chi connectivity index (χ3n) is 4.56. The Morgan fingerprint density at radius 1 is 1.38 bits per heavy atom. The quantitative estimate of drug-likeness (QED) is 0.763. The van der Waals surface area contributed by atoms with Gasteiger partial charge in [0.1, 0.15) is 0 Å². The average Bonchev–Trinajstić information content (AvgIpc) is 2.71. The molecule has 0 radical (unpaired) electrons. The molecule has 0 heterocycles. The van der Waals surface area contributed by atoms with Gasteiger partial charge < -0.3 is 11.1 Å². The molecule has 0 bridgehead atoms. The molecule has 2 aliphatic rings. The van der Waals surface area contributed by atoms with Crippen LogP contribution in [0.5, 0.6) is 0 Å². The van der Waals surface area contributed by atoms with Gasteiger partial charge in [-0.15, -0.1) is 0 Å². The molecule has 0 aromatic rings. The largest absolute Gasteiger partial charge is 0.355 e. The Morgan fingerprint density at radius 2 is 1.94 bits per heavy atom. The van der Waals surface area contributed by atoms with Crippen LogP contribution in [0.25, 0.3) is 0 Å². The van der Waals surface area contributed by atoms with Crippen molar-refractivity contribution in [3.8, 4) is 0 Å².